The lowest BCUT2D eigenvalue weighted by atomic mass is 9.83. The van der Waals surface area contributed by atoms with Gasteiger partial charge in [0.05, 0.1) is 5.41 Å². The Morgan fingerprint density at radius 3 is 2.75 bits per heavy atom. The smallest absolute Gasteiger partial charge is 0.227 e. The lowest BCUT2D eigenvalue weighted by molar-refractivity contribution is -0.130. The first kappa shape index (κ1) is 13.6. The molecule has 1 aliphatic heterocycles. The van der Waals surface area contributed by atoms with Crippen molar-refractivity contribution in [3.05, 3.63) is 0 Å². The van der Waals surface area contributed by atoms with Gasteiger partial charge in [0.1, 0.15) is 0 Å². The fraction of sp³-hybridized carbons (Fsp3) is 0.909. The number of amides is 1. The highest BCUT2D eigenvalue weighted by Gasteiger charge is 2.39. The van der Waals surface area contributed by atoms with E-state index in [0.717, 1.165) is 25.9 Å². The van der Waals surface area contributed by atoms with Crippen molar-refractivity contribution in [3.8, 4) is 0 Å². The highest BCUT2D eigenvalue weighted by Crippen LogP contribution is 2.29. The van der Waals surface area contributed by atoms with Gasteiger partial charge in [-0.3, -0.25) is 9.00 Å². The lowest BCUT2D eigenvalue weighted by Gasteiger charge is -2.25. The fourth-order valence-corrected chi connectivity index (χ4v) is 2.63. The van der Waals surface area contributed by atoms with E-state index >= 15 is 0 Å². The molecule has 0 spiro atoms. The van der Waals surface area contributed by atoms with E-state index in [2.05, 4.69) is 17.6 Å². The van der Waals surface area contributed by atoms with E-state index in [0.29, 0.717) is 18.1 Å². The summed E-state index contributed by atoms with van der Waals surface area (Å²) in [6.07, 6.45) is 1.77. The van der Waals surface area contributed by atoms with E-state index in [9.17, 15) is 9.00 Å². The molecule has 0 aromatic carbocycles. The number of carbonyl (C=O) groups excluding carboxylic acids is 1. The Kier molecular flexibility index (Phi) is 5.41. The molecule has 2 unspecified atom stereocenters. The quantitative estimate of drug-likeness (QED) is 0.707. The zero-order chi connectivity index (χ0) is 12.0. The first-order chi connectivity index (χ1) is 7.64. The highest BCUT2D eigenvalue weighted by atomic mass is 32.2. The monoisotopic (exact) mass is 246 g/mol. The van der Waals surface area contributed by atoms with Crippen LogP contribution >= 0.6 is 0 Å². The standard InChI is InChI=1S/C11H22N2O2S/c1-3-11(5-6-12-9-11)10(14)13-7-8-16(15)4-2/h12H,3-9H2,1-2H3,(H,13,14). The van der Waals surface area contributed by atoms with E-state index in [1.807, 2.05) is 6.92 Å². The number of nitrogens with one attached hydrogen (secondary N) is 2. The van der Waals surface area contributed by atoms with Crippen LogP contribution in [0.3, 0.4) is 0 Å². The number of carbonyl (C=O) groups is 1. The van der Waals surface area contributed by atoms with Crippen LogP contribution in [-0.4, -0.2) is 41.3 Å². The molecule has 0 bridgehead atoms. The van der Waals surface area contributed by atoms with Crippen LogP contribution in [0.5, 0.6) is 0 Å². The third kappa shape index (κ3) is 3.28. The molecular formula is C11H22N2O2S. The van der Waals surface area contributed by atoms with Gasteiger partial charge in [0, 0.05) is 35.4 Å². The Balaban J connectivity index is 2.36. The van der Waals surface area contributed by atoms with Crippen molar-refractivity contribution >= 4 is 16.7 Å². The van der Waals surface area contributed by atoms with E-state index in [4.69, 9.17) is 0 Å². The molecule has 1 aliphatic rings. The molecule has 2 atom stereocenters. The minimum atomic E-state index is -0.791. The van der Waals surface area contributed by atoms with E-state index in [-0.39, 0.29) is 11.3 Å². The lowest BCUT2D eigenvalue weighted by Crippen LogP contribution is -2.43. The van der Waals surface area contributed by atoms with Crippen LogP contribution in [-0.2, 0) is 15.6 Å². The summed E-state index contributed by atoms with van der Waals surface area (Å²) < 4.78 is 11.2. The van der Waals surface area contributed by atoms with Gasteiger partial charge in [0.25, 0.3) is 0 Å². The molecule has 0 aromatic heterocycles. The fourth-order valence-electron chi connectivity index (χ4n) is 2.01. The molecule has 2 N–H and O–H groups in total. The Labute approximate surface area is 100 Å². The maximum Gasteiger partial charge on any atom is 0.227 e. The molecule has 0 aliphatic carbocycles. The summed E-state index contributed by atoms with van der Waals surface area (Å²) in [5.74, 6) is 1.35. The largest absolute Gasteiger partial charge is 0.355 e. The van der Waals surface area contributed by atoms with Crippen LogP contribution in [0.25, 0.3) is 0 Å². The van der Waals surface area contributed by atoms with Crippen LogP contribution in [0.4, 0.5) is 0 Å². The number of hydrogen-bond acceptors (Lipinski definition) is 3. The van der Waals surface area contributed by atoms with Crippen molar-refractivity contribution in [2.75, 3.05) is 31.1 Å². The van der Waals surface area contributed by atoms with Crippen LogP contribution in [0.2, 0.25) is 0 Å². The van der Waals surface area contributed by atoms with Gasteiger partial charge in [0.15, 0.2) is 0 Å². The molecule has 0 saturated carbocycles. The van der Waals surface area contributed by atoms with E-state index in [1.165, 1.54) is 0 Å². The topological polar surface area (TPSA) is 58.2 Å². The number of rotatable bonds is 6. The summed E-state index contributed by atoms with van der Waals surface area (Å²) in [4.78, 5) is 12.0. The van der Waals surface area contributed by atoms with Crippen molar-refractivity contribution < 1.29 is 9.00 Å². The van der Waals surface area contributed by atoms with Gasteiger partial charge in [-0.05, 0) is 19.4 Å². The molecule has 16 heavy (non-hydrogen) atoms. The SMILES string of the molecule is CCS(=O)CCNC(=O)C1(CC)CCNC1. The van der Waals surface area contributed by atoms with E-state index in [1.54, 1.807) is 0 Å². The predicted octanol–water partition coefficient (Wildman–Crippen LogP) is 0.261. The molecule has 0 aromatic rings. The van der Waals surface area contributed by atoms with Crippen LogP contribution < -0.4 is 10.6 Å². The van der Waals surface area contributed by atoms with Gasteiger partial charge in [0.2, 0.25) is 5.91 Å². The third-order valence-electron chi connectivity index (χ3n) is 3.34. The first-order valence-corrected chi connectivity index (χ1v) is 7.47. The zero-order valence-electron chi connectivity index (χ0n) is 10.2. The molecule has 94 valence electrons. The molecule has 1 rings (SSSR count). The molecule has 1 fully saturated rings. The Morgan fingerprint density at radius 2 is 2.25 bits per heavy atom. The second kappa shape index (κ2) is 6.35. The first-order valence-electron chi connectivity index (χ1n) is 5.98. The normalized spacial score (nSPS) is 26.6. The minimum absolute atomic E-state index is 0.119. The average Bonchev–Trinajstić information content (AvgIpc) is 2.78. The maximum atomic E-state index is 12.0. The average molecular weight is 246 g/mol. The summed E-state index contributed by atoms with van der Waals surface area (Å²) in [6.45, 7) is 6.17. The van der Waals surface area contributed by atoms with Gasteiger partial charge < -0.3 is 10.6 Å². The Bertz CT molecular complexity index is 263. The van der Waals surface area contributed by atoms with Gasteiger partial charge in [-0.1, -0.05) is 13.8 Å². The molecule has 1 saturated heterocycles. The van der Waals surface area contributed by atoms with Crippen LogP contribution in [0.15, 0.2) is 0 Å². The highest BCUT2D eigenvalue weighted by molar-refractivity contribution is 7.84. The summed E-state index contributed by atoms with van der Waals surface area (Å²) in [5, 5.41) is 6.14. The van der Waals surface area contributed by atoms with Gasteiger partial charge in [-0.2, -0.15) is 0 Å². The molecule has 0 radical (unpaired) electrons. The summed E-state index contributed by atoms with van der Waals surface area (Å²) in [5.41, 5.74) is -0.228. The third-order valence-corrected chi connectivity index (χ3v) is 4.64. The summed E-state index contributed by atoms with van der Waals surface area (Å²) in [6, 6.07) is 0. The molecule has 1 amide bonds. The van der Waals surface area contributed by atoms with E-state index < -0.39 is 10.8 Å². The predicted molar refractivity (Wildman–Crippen MR) is 66.8 cm³/mol. The summed E-state index contributed by atoms with van der Waals surface area (Å²) >= 11 is 0. The van der Waals surface area contributed by atoms with Crippen molar-refractivity contribution in [3.63, 3.8) is 0 Å². The maximum absolute atomic E-state index is 12.0. The molecule has 5 heteroatoms. The van der Waals surface area contributed by atoms with Crippen molar-refractivity contribution in [2.45, 2.75) is 26.7 Å². The van der Waals surface area contributed by atoms with Crippen molar-refractivity contribution in [1.29, 1.82) is 0 Å². The molecular weight excluding hydrogens is 224 g/mol. The Morgan fingerprint density at radius 1 is 1.50 bits per heavy atom. The summed E-state index contributed by atoms with van der Waals surface area (Å²) in [7, 11) is -0.791. The molecule has 1 heterocycles. The second-order valence-corrected chi connectivity index (χ2v) is 6.11. The van der Waals surface area contributed by atoms with Crippen LogP contribution in [0, 0.1) is 5.41 Å². The van der Waals surface area contributed by atoms with Gasteiger partial charge >= 0.3 is 0 Å². The van der Waals surface area contributed by atoms with Crippen LogP contribution in [0.1, 0.15) is 26.7 Å². The van der Waals surface area contributed by atoms with Crippen molar-refractivity contribution in [1.82, 2.24) is 10.6 Å². The Hall–Kier alpha value is -0.420. The minimum Gasteiger partial charge on any atom is -0.355 e. The zero-order valence-corrected chi connectivity index (χ0v) is 11.0. The number of hydrogen-bond donors (Lipinski definition) is 2. The van der Waals surface area contributed by atoms with Gasteiger partial charge in [-0.15, -0.1) is 0 Å². The van der Waals surface area contributed by atoms with Gasteiger partial charge in [-0.25, -0.2) is 0 Å². The second-order valence-electron chi connectivity index (χ2n) is 4.25. The molecule has 4 nitrogen and oxygen atoms in total. The van der Waals surface area contributed by atoms with Crippen molar-refractivity contribution in [2.24, 2.45) is 5.41 Å².